The van der Waals surface area contributed by atoms with Crippen molar-refractivity contribution in [2.75, 3.05) is 6.61 Å². The van der Waals surface area contributed by atoms with E-state index < -0.39 is 17.0 Å². The Morgan fingerprint density at radius 2 is 1.73 bits per heavy atom. The predicted molar refractivity (Wildman–Crippen MR) is 94.7 cm³/mol. The van der Waals surface area contributed by atoms with Crippen LogP contribution in [0.5, 0.6) is 5.75 Å². The summed E-state index contributed by atoms with van der Waals surface area (Å²) < 4.78 is 10.5. The molecule has 2 aromatic rings. The monoisotopic (exact) mass is 357 g/mol. The summed E-state index contributed by atoms with van der Waals surface area (Å²) in [4.78, 5) is 34.9. The molecule has 2 aromatic carbocycles. The Bertz CT molecular complexity index is 828. The molecule has 0 bridgehead atoms. The Kier molecular flexibility index (Phi) is 6.06. The van der Waals surface area contributed by atoms with Crippen LogP contribution in [0.3, 0.4) is 0 Å². The molecular weight excluding hydrogens is 338 g/mol. The number of aryl methyl sites for hydroxylation is 1. The maximum atomic E-state index is 12.4. The van der Waals surface area contributed by atoms with Crippen molar-refractivity contribution in [3.63, 3.8) is 0 Å². The predicted octanol–water partition coefficient (Wildman–Crippen LogP) is 3.73. The van der Waals surface area contributed by atoms with E-state index in [0.29, 0.717) is 23.5 Å². The number of hydrogen-bond acceptors (Lipinski definition) is 6. The quantitative estimate of drug-likeness (QED) is 0.324. The van der Waals surface area contributed by atoms with Crippen LogP contribution in [0.4, 0.5) is 5.69 Å². The van der Waals surface area contributed by atoms with Crippen LogP contribution >= 0.6 is 0 Å². The van der Waals surface area contributed by atoms with E-state index in [1.54, 1.807) is 24.3 Å². The average Bonchev–Trinajstić information content (AvgIpc) is 2.61. The highest BCUT2D eigenvalue weighted by molar-refractivity contribution is 6.01. The number of nitro groups is 1. The van der Waals surface area contributed by atoms with E-state index in [9.17, 15) is 19.7 Å². The Labute approximate surface area is 150 Å². The fourth-order valence-corrected chi connectivity index (χ4v) is 2.39. The molecule has 0 N–H and O–H groups in total. The first-order chi connectivity index (χ1) is 12.3. The fraction of sp³-hybridized carbons (Fsp3) is 0.263. The highest BCUT2D eigenvalue weighted by atomic mass is 16.6. The Morgan fingerprint density at radius 3 is 2.27 bits per heavy atom. The SMILES string of the molecule is CCOc1ccc(C(=O)C(C)OC(=O)c2ccc([N+](=O)[O-])c(C)c2)cc1. The van der Waals surface area contributed by atoms with Crippen molar-refractivity contribution in [3.05, 3.63) is 69.3 Å². The van der Waals surface area contributed by atoms with E-state index in [-0.39, 0.29) is 17.0 Å². The number of hydrogen-bond donors (Lipinski definition) is 0. The lowest BCUT2D eigenvalue weighted by Crippen LogP contribution is -2.24. The van der Waals surface area contributed by atoms with Crippen LogP contribution in [-0.2, 0) is 4.74 Å². The van der Waals surface area contributed by atoms with E-state index in [4.69, 9.17) is 9.47 Å². The number of ketones is 1. The van der Waals surface area contributed by atoms with E-state index >= 15 is 0 Å². The second-order valence-electron chi connectivity index (χ2n) is 5.63. The molecule has 7 nitrogen and oxygen atoms in total. The van der Waals surface area contributed by atoms with Crippen molar-refractivity contribution in [1.82, 2.24) is 0 Å². The van der Waals surface area contributed by atoms with Crippen molar-refractivity contribution in [1.29, 1.82) is 0 Å². The summed E-state index contributed by atoms with van der Waals surface area (Å²) >= 11 is 0. The first-order valence-electron chi connectivity index (χ1n) is 8.06. The molecule has 0 fully saturated rings. The Hall–Kier alpha value is -3.22. The van der Waals surface area contributed by atoms with Crippen LogP contribution in [0.1, 0.15) is 40.1 Å². The lowest BCUT2D eigenvalue weighted by molar-refractivity contribution is -0.385. The van der Waals surface area contributed by atoms with Crippen molar-refractivity contribution < 1.29 is 24.0 Å². The van der Waals surface area contributed by atoms with Crippen molar-refractivity contribution >= 4 is 17.4 Å². The first-order valence-corrected chi connectivity index (χ1v) is 8.06. The Morgan fingerprint density at radius 1 is 1.12 bits per heavy atom. The van der Waals surface area contributed by atoms with Crippen molar-refractivity contribution in [2.45, 2.75) is 26.9 Å². The van der Waals surface area contributed by atoms with Gasteiger partial charge in [0.1, 0.15) is 5.75 Å². The second-order valence-corrected chi connectivity index (χ2v) is 5.63. The van der Waals surface area contributed by atoms with Gasteiger partial charge < -0.3 is 9.47 Å². The van der Waals surface area contributed by atoms with Gasteiger partial charge in [0.15, 0.2) is 6.10 Å². The zero-order chi connectivity index (χ0) is 19.3. The van der Waals surface area contributed by atoms with Crippen LogP contribution in [-0.4, -0.2) is 29.4 Å². The highest BCUT2D eigenvalue weighted by Gasteiger charge is 2.21. The number of Topliss-reactive ketones (excluding diaryl/α,β-unsaturated/α-hetero) is 1. The molecule has 0 aliphatic carbocycles. The van der Waals surface area contributed by atoms with E-state index in [2.05, 4.69) is 0 Å². The third kappa shape index (κ3) is 4.44. The first kappa shape index (κ1) is 19.1. The average molecular weight is 357 g/mol. The third-order valence-electron chi connectivity index (χ3n) is 3.73. The minimum absolute atomic E-state index is 0.0833. The number of esters is 1. The van der Waals surface area contributed by atoms with Crippen LogP contribution in [0.2, 0.25) is 0 Å². The number of nitro benzene ring substituents is 1. The fourth-order valence-electron chi connectivity index (χ4n) is 2.39. The van der Waals surface area contributed by atoms with Gasteiger partial charge in [-0.15, -0.1) is 0 Å². The summed E-state index contributed by atoms with van der Waals surface area (Å²) in [5.41, 5.74) is 0.808. The van der Waals surface area contributed by atoms with Crippen LogP contribution in [0.15, 0.2) is 42.5 Å². The summed E-state index contributed by atoms with van der Waals surface area (Å²) in [6, 6.07) is 10.5. The number of carbonyl (C=O) groups excluding carboxylic acids is 2. The molecule has 7 heteroatoms. The number of ether oxygens (including phenoxy) is 2. The molecule has 1 atom stereocenters. The summed E-state index contributed by atoms with van der Waals surface area (Å²) in [5.74, 6) is -0.412. The van der Waals surface area contributed by atoms with Gasteiger partial charge in [-0.1, -0.05) is 0 Å². The Balaban J connectivity index is 2.07. The molecule has 136 valence electrons. The molecule has 0 aromatic heterocycles. The normalized spacial score (nSPS) is 11.5. The number of nitrogens with zero attached hydrogens (tertiary/aromatic N) is 1. The van der Waals surface area contributed by atoms with Gasteiger partial charge in [-0.2, -0.15) is 0 Å². The van der Waals surface area contributed by atoms with Crippen molar-refractivity contribution in [2.24, 2.45) is 0 Å². The molecular formula is C19H19NO6. The maximum absolute atomic E-state index is 12.4. The van der Waals surface area contributed by atoms with Gasteiger partial charge in [-0.05, 0) is 57.2 Å². The second kappa shape index (κ2) is 8.24. The zero-order valence-electron chi connectivity index (χ0n) is 14.7. The largest absolute Gasteiger partial charge is 0.494 e. The molecule has 0 radical (unpaired) electrons. The molecule has 0 saturated carbocycles. The van der Waals surface area contributed by atoms with Crippen LogP contribution < -0.4 is 4.74 Å². The van der Waals surface area contributed by atoms with E-state index in [1.807, 2.05) is 6.92 Å². The minimum Gasteiger partial charge on any atom is -0.494 e. The van der Waals surface area contributed by atoms with E-state index in [1.165, 1.54) is 32.0 Å². The highest BCUT2D eigenvalue weighted by Crippen LogP contribution is 2.20. The lowest BCUT2D eigenvalue weighted by Gasteiger charge is -2.13. The van der Waals surface area contributed by atoms with Crippen LogP contribution in [0, 0.1) is 17.0 Å². The van der Waals surface area contributed by atoms with Crippen molar-refractivity contribution in [3.8, 4) is 5.75 Å². The molecule has 0 spiro atoms. The van der Waals surface area contributed by atoms with Gasteiger partial charge in [-0.3, -0.25) is 14.9 Å². The number of rotatable bonds is 7. The summed E-state index contributed by atoms with van der Waals surface area (Å²) in [6.07, 6.45) is -0.990. The molecule has 0 aliphatic rings. The molecule has 0 amide bonds. The topological polar surface area (TPSA) is 95.7 Å². The van der Waals surface area contributed by atoms with Gasteiger partial charge in [0.05, 0.1) is 17.1 Å². The molecule has 0 heterocycles. The standard InChI is InChI=1S/C19H19NO6/c1-4-25-16-8-5-14(6-9-16)18(21)13(3)26-19(22)15-7-10-17(20(23)24)12(2)11-15/h5-11,13H,4H2,1-3H3. The molecule has 0 saturated heterocycles. The van der Waals surface area contributed by atoms with E-state index in [0.717, 1.165) is 0 Å². The minimum atomic E-state index is -0.990. The van der Waals surface area contributed by atoms with Gasteiger partial charge in [-0.25, -0.2) is 4.79 Å². The third-order valence-corrected chi connectivity index (χ3v) is 3.73. The lowest BCUT2D eigenvalue weighted by atomic mass is 10.1. The summed E-state index contributed by atoms with van der Waals surface area (Å²) in [5, 5.41) is 10.8. The molecule has 1 unspecified atom stereocenters. The summed E-state index contributed by atoms with van der Waals surface area (Å²) in [7, 11) is 0. The van der Waals surface area contributed by atoms with Gasteiger partial charge in [0.2, 0.25) is 5.78 Å². The number of benzene rings is 2. The summed E-state index contributed by atoms with van der Waals surface area (Å²) in [6.45, 7) is 5.40. The van der Waals surface area contributed by atoms with Gasteiger partial charge in [0, 0.05) is 17.2 Å². The molecule has 2 rings (SSSR count). The van der Waals surface area contributed by atoms with Crippen LogP contribution in [0.25, 0.3) is 0 Å². The maximum Gasteiger partial charge on any atom is 0.338 e. The number of carbonyl (C=O) groups is 2. The zero-order valence-corrected chi connectivity index (χ0v) is 14.7. The van der Waals surface area contributed by atoms with Gasteiger partial charge >= 0.3 is 5.97 Å². The molecule has 26 heavy (non-hydrogen) atoms. The van der Waals surface area contributed by atoms with Gasteiger partial charge in [0.25, 0.3) is 5.69 Å². The smallest absolute Gasteiger partial charge is 0.338 e. The molecule has 0 aliphatic heterocycles.